The Hall–Kier alpha value is -1.22. The number of rotatable bonds is 2. The maximum Gasteiger partial charge on any atom is 0.254 e. The second-order valence-corrected chi connectivity index (χ2v) is 5.18. The summed E-state index contributed by atoms with van der Waals surface area (Å²) >= 11 is 5.91. The number of carbonyl (C=O) groups is 1. The van der Waals surface area contributed by atoms with Gasteiger partial charge in [-0.15, -0.1) is 11.6 Å². The van der Waals surface area contributed by atoms with Gasteiger partial charge in [-0.3, -0.25) is 4.79 Å². The van der Waals surface area contributed by atoms with Crippen molar-refractivity contribution >= 4 is 17.5 Å². The van der Waals surface area contributed by atoms with Crippen LogP contribution in [0.3, 0.4) is 0 Å². The fraction of sp³-hybridized carbons (Fsp3) is 0.500. The van der Waals surface area contributed by atoms with E-state index in [2.05, 4.69) is 0 Å². The van der Waals surface area contributed by atoms with Crippen LogP contribution in [-0.2, 0) is 6.42 Å². The van der Waals surface area contributed by atoms with Crippen molar-refractivity contribution in [3.8, 4) is 5.75 Å². The van der Waals surface area contributed by atoms with Crippen LogP contribution in [0.15, 0.2) is 18.2 Å². The summed E-state index contributed by atoms with van der Waals surface area (Å²) in [5.74, 6) is 1.55. The lowest BCUT2D eigenvalue weighted by Crippen LogP contribution is -2.36. The summed E-state index contributed by atoms with van der Waals surface area (Å²) in [6.45, 7) is 1.55. The largest absolute Gasteiger partial charge is 0.493 e. The van der Waals surface area contributed by atoms with Gasteiger partial charge in [-0.1, -0.05) is 0 Å². The van der Waals surface area contributed by atoms with Gasteiger partial charge < -0.3 is 9.64 Å². The molecule has 0 spiro atoms. The Morgan fingerprint density at radius 2 is 2.39 bits per heavy atom. The van der Waals surface area contributed by atoms with E-state index in [1.165, 1.54) is 0 Å². The molecule has 0 saturated carbocycles. The first-order chi connectivity index (χ1) is 8.79. The number of fused-ring (bicyclic) bond motifs is 1. The normalized spacial score (nSPS) is 21.8. The highest BCUT2D eigenvalue weighted by molar-refractivity contribution is 6.18. The van der Waals surface area contributed by atoms with E-state index in [1.807, 2.05) is 23.1 Å². The lowest BCUT2D eigenvalue weighted by atomic mass is 10.1. The molecule has 1 unspecified atom stereocenters. The van der Waals surface area contributed by atoms with Gasteiger partial charge in [0.15, 0.2) is 0 Å². The summed E-state index contributed by atoms with van der Waals surface area (Å²) in [4.78, 5) is 14.3. The van der Waals surface area contributed by atoms with E-state index >= 15 is 0 Å². The molecule has 1 aromatic rings. The first kappa shape index (κ1) is 11.8. The SMILES string of the molecule is O=C(c1ccc2c(c1)CCO2)N1CCCC1CCl. The van der Waals surface area contributed by atoms with Gasteiger partial charge in [0.2, 0.25) is 0 Å². The summed E-state index contributed by atoms with van der Waals surface area (Å²) in [6, 6.07) is 5.93. The van der Waals surface area contributed by atoms with Crippen molar-refractivity contribution in [3.63, 3.8) is 0 Å². The fourth-order valence-corrected chi connectivity index (χ4v) is 3.07. The van der Waals surface area contributed by atoms with Gasteiger partial charge in [-0.05, 0) is 36.6 Å². The Balaban J connectivity index is 1.84. The van der Waals surface area contributed by atoms with Crippen LogP contribution >= 0.6 is 11.6 Å². The highest BCUT2D eigenvalue weighted by atomic mass is 35.5. The number of hydrogen-bond acceptors (Lipinski definition) is 2. The van der Waals surface area contributed by atoms with E-state index in [4.69, 9.17) is 16.3 Å². The number of benzene rings is 1. The monoisotopic (exact) mass is 265 g/mol. The third-order valence-electron chi connectivity index (χ3n) is 3.75. The van der Waals surface area contributed by atoms with Crippen LogP contribution in [0.1, 0.15) is 28.8 Å². The van der Waals surface area contributed by atoms with E-state index < -0.39 is 0 Å². The first-order valence-electron chi connectivity index (χ1n) is 6.42. The molecular weight excluding hydrogens is 250 g/mol. The zero-order valence-corrected chi connectivity index (χ0v) is 10.9. The Bertz CT molecular complexity index is 475. The molecule has 0 aliphatic carbocycles. The Labute approximate surface area is 112 Å². The minimum atomic E-state index is 0.104. The van der Waals surface area contributed by atoms with E-state index in [-0.39, 0.29) is 11.9 Å². The first-order valence-corrected chi connectivity index (χ1v) is 6.95. The summed E-state index contributed by atoms with van der Waals surface area (Å²) in [5.41, 5.74) is 1.90. The van der Waals surface area contributed by atoms with Crippen LogP contribution in [0, 0.1) is 0 Å². The number of alkyl halides is 1. The number of hydrogen-bond donors (Lipinski definition) is 0. The van der Waals surface area contributed by atoms with E-state index in [0.717, 1.165) is 49.3 Å². The third kappa shape index (κ3) is 1.97. The number of likely N-dealkylation sites (tertiary alicyclic amines) is 1. The van der Waals surface area contributed by atoms with Crippen LogP contribution in [0.2, 0.25) is 0 Å². The number of halogens is 1. The number of nitrogens with zero attached hydrogens (tertiary/aromatic N) is 1. The molecule has 1 fully saturated rings. The lowest BCUT2D eigenvalue weighted by molar-refractivity contribution is 0.0749. The Morgan fingerprint density at radius 3 is 3.22 bits per heavy atom. The van der Waals surface area contributed by atoms with Gasteiger partial charge in [0.1, 0.15) is 5.75 Å². The summed E-state index contributed by atoms with van der Waals surface area (Å²) in [5, 5.41) is 0. The lowest BCUT2D eigenvalue weighted by Gasteiger charge is -2.23. The molecule has 1 saturated heterocycles. The van der Waals surface area contributed by atoms with Gasteiger partial charge in [0.25, 0.3) is 5.91 Å². The van der Waals surface area contributed by atoms with Gasteiger partial charge in [-0.2, -0.15) is 0 Å². The van der Waals surface area contributed by atoms with Crippen molar-refractivity contribution in [1.29, 1.82) is 0 Å². The Kier molecular flexibility index (Phi) is 3.16. The molecule has 3 nitrogen and oxygen atoms in total. The zero-order valence-electron chi connectivity index (χ0n) is 10.2. The van der Waals surface area contributed by atoms with Crippen LogP contribution in [0.25, 0.3) is 0 Å². The summed E-state index contributed by atoms with van der Waals surface area (Å²) in [7, 11) is 0. The van der Waals surface area contributed by atoms with Crippen molar-refractivity contribution in [2.75, 3.05) is 19.0 Å². The second-order valence-electron chi connectivity index (χ2n) is 4.87. The third-order valence-corrected chi connectivity index (χ3v) is 4.11. The highest BCUT2D eigenvalue weighted by Crippen LogP contribution is 2.28. The molecule has 4 heteroatoms. The molecule has 2 aliphatic rings. The molecule has 0 N–H and O–H groups in total. The van der Waals surface area contributed by atoms with E-state index in [1.54, 1.807) is 0 Å². The van der Waals surface area contributed by atoms with Crippen molar-refractivity contribution in [2.45, 2.75) is 25.3 Å². The van der Waals surface area contributed by atoms with E-state index in [9.17, 15) is 4.79 Å². The van der Waals surface area contributed by atoms with Crippen LogP contribution in [0.5, 0.6) is 5.75 Å². The fourth-order valence-electron chi connectivity index (χ4n) is 2.75. The van der Waals surface area contributed by atoms with E-state index in [0.29, 0.717) is 5.88 Å². The average Bonchev–Trinajstić information content (AvgIpc) is 3.05. The number of ether oxygens (including phenoxy) is 1. The smallest absolute Gasteiger partial charge is 0.254 e. The molecule has 1 aromatic carbocycles. The van der Waals surface area contributed by atoms with Crippen molar-refractivity contribution in [2.24, 2.45) is 0 Å². The molecule has 0 bridgehead atoms. The van der Waals surface area contributed by atoms with Gasteiger partial charge in [0.05, 0.1) is 6.61 Å². The standard InChI is InChI=1S/C14H16ClNO2/c15-9-12-2-1-6-16(12)14(17)11-3-4-13-10(8-11)5-7-18-13/h3-4,8,12H,1-2,5-7,9H2. The van der Waals surface area contributed by atoms with Crippen molar-refractivity contribution in [1.82, 2.24) is 4.90 Å². The van der Waals surface area contributed by atoms with Gasteiger partial charge >= 0.3 is 0 Å². The maximum absolute atomic E-state index is 12.4. The summed E-state index contributed by atoms with van der Waals surface area (Å²) in [6.07, 6.45) is 2.97. The predicted octanol–water partition coefficient (Wildman–Crippen LogP) is 2.46. The Morgan fingerprint density at radius 1 is 1.50 bits per heavy atom. The number of carbonyl (C=O) groups excluding carboxylic acids is 1. The molecular formula is C14H16ClNO2. The van der Waals surface area contributed by atoms with Gasteiger partial charge in [-0.25, -0.2) is 0 Å². The molecule has 18 heavy (non-hydrogen) atoms. The average molecular weight is 266 g/mol. The number of amides is 1. The van der Waals surface area contributed by atoms with Crippen LogP contribution in [0.4, 0.5) is 0 Å². The topological polar surface area (TPSA) is 29.5 Å². The molecule has 1 amide bonds. The highest BCUT2D eigenvalue weighted by Gasteiger charge is 2.29. The van der Waals surface area contributed by atoms with Crippen LogP contribution in [-0.4, -0.2) is 35.9 Å². The molecule has 0 radical (unpaired) electrons. The molecule has 2 aliphatic heterocycles. The minimum Gasteiger partial charge on any atom is -0.493 e. The van der Waals surface area contributed by atoms with Crippen molar-refractivity contribution in [3.05, 3.63) is 29.3 Å². The summed E-state index contributed by atoms with van der Waals surface area (Å²) < 4.78 is 5.45. The van der Waals surface area contributed by atoms with Crippen molar-refractivity contribution < 1.29 is 9.53 Å². The molecule has 96 valence electrons. The molecule has 1 atom stereocenters. The molecule has 0 aromatic heterocycles. The minimum absolute atomic E-state index is 0.104. The van der Waals surface area contributed by atoms with Crippen LogP contribution < -0.4 is 4.74 Å². The molecule has 3 rings (SSSR count). The predicted molar refractivity (Wildman–Crippen MR) is 70.4 cm³/mol. The zero-order chi connectivity index (χ0) is 12.5. The maximum atomic E-state index is 12.4. The quantitative estimate of drug-likeness (QED) is 0.769. The second kappa shape index (κ2) is 4.81. The molecule has 2 heterocycles. The van der Waals surface area contributed by atoms with Gasteiger partial charge in [0, 0.05) is 30.5 Å².